The Bertz CT molecular complexity index is 357. The van der Waals surface area contributed by atoms with Crippen molar-refractivity contribution in [2.45, 2.75) is 58.9 Å². The average molecular weight is 298 g/mol. The molecule has 0 saturated heterocycles. The molecule has 0 aliphatic heterocycles. The Labute approximate surface area is 128 Å². The van der Waals surface area contributed by atoms with Crippen LogP contribution in [0.3, 0.4) is 0 Å². The Morgan fingerprint density at radius 3 is 2.43 bits per heavy atom. The first-order valence-electron chi connectivity index (χ1n) is 8.06. The molecule has 0 spiro atoms. The first-order chi connectivity index (χ1) is 9.82. The molecule has 3 atom stereocenters. The third-order valence-electron chi connectivity index (χ3n) is 4.54. The highest BCUT2D eigenvalue weighted by Gasteiger charge is 2.31. The van der Waals surface area contributed by atoms with Gasteiger partial charge in [-0.2, -0.15) is 0 Å². The summed E-state index contributed by atoms with van der Waals surface area (Å²) >= 11 is 0. The number of nitrogens with zero attached hydrogens (tertiary/aromatic N) is 1. The smallest absolute Gasteiger partial charge is 0.317 e. The van der Waals surface area contributed by atoms with Crippen LogP contribution in [0.4, 0.5) is 4.79 Å². The molecule has 5 nitrogen and oxygen atoms in total. The van der Waals surface area contributed by atoms with E-state index in [2.05, 4.69) is 19.2 Å². The lowest BCUT2D eigenvalue weighted by molar-refractivity contribution is -0.144. The van der Waals surface area contributed by atoms with Gasteiger partial charge in [-0.05, 0) is 38.0 Å². The highest BCUT2D eigenvalue weighted by molar-refractivity contribution is 5.74. The van der Waals surface area contributed by atoms with Gasteiger partial charge < -0.3 is 15.3 Å². The highest BCUT2D eigenvalue weighted by Crippen LogP contribution is 2.29. The largest absolute Gasteiger partial charge is 0.481 e. The second-order valence-corrected chi connectivity index (χ2v) is 6.76. The number of nitrogens with one attached hydrogen (secondary N) is 1. The summed E-state index contributed by atoms with van der Waals surface area (Å²) in [5.41, 5.74) is 0. The monoisotopic (exact) mass is 298 g/mol. The van der Waals surface area contributed by atoms with E-state index in [-0.39, 0.29) is 23.9 Å². The topological polar surface area (TPSA) is 69.6 Å². The fourth-order valence-corrected chi connectivity index (χ4v) is 3.16. The summed E-state index contributed by atoms with van der Waals surface area (Å²) < 4.78 is 0. The maximum Gasteiger partial charge on any atom is 0.317 e. The maximum atomic E-state index is 12.2. The normalized spacial score (nSPS) is 23.7. The number of aliphatic carboxylic acids is 1. The molecule has 0 bridgehead atoms. The molecule has 0 aromatic heterocycles. The van der Waals surface area contributed by atoms with E-state index in [0.29, 0.717) is 12.5 Å². The predicted molar refractivity (Wildman–Crippen MR) is 83.2 cm³/mol. The van der Waals surface area contributed by atoms with Gasteiger partial charge in [-0.3, -0.25) is 4.79 Å². The van der Waals surface area contributed by atoms with Crippen molar-refractivity contribution in [1.29, 1.82) is 0 Å². The van der Waals surface area contributed by atoms with Gasteiger partial charge in [-0.25, -0.2) is 4.79 Å². The Kier molecular flexibility index (Phi) is 6.99. The zero-order valence-corrected chi connectivity index (χ0v) is 13.8. The van der Waals surface area contributed by atoms with Crippen LogP contribution >= 0.6 is 0 Å². The molecule has 1 saturated carbocycles. The van der Waals surface area contributed by atoms with Gasteiger partial charge >= 0.3 is 12.0 Å². The molecule has 1 rings (SSSR count). The van der Waals surface area contributed by atoms with E-state index in [4.69, 9.17) is 0 Å². The van der Waals surface area contributed by atoms with E-state index >= 15 is 0 Å². The summed E-state index contributed by atoms with van der Waals surface area (Å²) in [6, 6.07) is 0.0875. The molecule has 2 N–H and O–H groups in total. The van der Waals surface area contributed by atoms with Gasteiger partial charge in [-0.15, -0.1) is 0 Å². The van der Waals surface area contributed by atoms with Gasteiger partial charge in [0.15, 0.2) is 0 Å². The number of urea groups is 1. The van der Waals surface area contributed by atoms with Crippen molar-refractivity contribution in [3.05, 3.63) is 0 Å². The van der Waals surface area contributed by atoms with Crippen LogP contribution in [0.5, 0.6) is 0 Å². The summed E-state index contributed by atoms with van der Waals surface area (Å²) in [5, 5.41) is 12.2. The fourth-order valence-electron chi connectivity index (χ4n) is 3.16. The molecule has 3 unspecified atom stereocenters. The molecule has 1 aliphatic carbocycles. The lowest BCUT2D eigenvalue weighted by Crippen LogP contribution is -2.45. The van der Waals surface area contributed by atoms with Gasteiger partial charge in [0.05, 0.1) is 5.92 Å². The van der Waals surface area contributed by atoms with Crippen LogP contribution in [-0.4, -0.2) is 41.6 Å². The van der Waals surface area contributed by atoms with Gasteiger partial charge in [0.25, 0.3) is 0 Å². The number of hydrogen-bond acceptors (Lipinski definition) is 2. The van der Waals surface area contributed by atoms with E-state index in [1.807, 2.05) is 6.92 Å². The molecule has 1 fully saturated rings. The van der Waals surface area contributed by atoms with Crippen molar-refractivity contribution in [3.63, 3.8) is 0 Å². The van der Waals surface area contributed by atoms with E-state index in [1.165, 1.54) is 0 Å². The number of carboxylic acid groups (broad SMARTS) is 1. The molecular weight excluding hydrogens is 268 g/mol. The number of carbonyl (C=O) groups is 2. The van der Waals surface area contributed by atoms with Crippen molar-refractivity contribution in [1.82, 2.24) is 10.2 Å². The Morgan fingerprint density at radius 1 is 1.24 bits per heavy atom. The summed E-state index contributed by atoms with van der Waals surface area (Å²) in [6.07, 6.45) is 4.62. The molecule has 5 heteroatoms. The van der Waals surface area contributed by atoms with E-state index < -0.39 is 5.97 Å². The zero-order chi connectivity index (χ0) is 16.0. The quantitative estimate of drug-likeness (QED) is 0.792. The van der Waals surface area contributed by atoms with Crippen LogP contribution in [-0.2, 0) is 4.79 Å². The summed E-state index contributed by atoms with van der Waals surface area (Å²) in [7, 11) is 1.80. The van der Waals surface area contributed by atoms with Gasteiger partial charge in [0.1, 0.15) is 0 Å². The van der Waals surface area contributed by atoms with Crippen LogP contribution in [0.2, 0.25) is 0 Å². The lowest BCUT2D eigenvalue weighted by Gasteiger charge is -2.31. The van der Waals surface area contributed by atoms with Crippen molar-refractivity contribution in [2.24, 2.45) is 17.8 Å². The van der Waals surface area contributed by atoms with Gasteiger partial charge in [0.2, 0.25) is 0 Å². The highest BCUT2D eigenvalue weighted by atomic mass is 16.4. The van der Waals surface area contributed by atoms with Crippen molar-refractivity contribution >= 4 is 12.0 Å². The summed E-state index contributed by atoms with van der Waals surface area (Å²) in [6.45, 7) is 6.79. The number of rotatable bonds is 6. The van der Waals surface area contributed by atoms with Gasteiger partial charge in [-0.1, -0.05) is 26.7 Å². The van der Waals surface area contributed by atoms with Crippen LogP contribution in [0, 0.1) is 17.8 Å². The van der Waals surface area contributed by atoms with E-state index in [0.717, 1.165) is 32.1 Å². The van der Waals surface area contributed by atoms with Crippen LogP contribution in [0.1, 0.15) is 52.9 Å². The molecule has 0 radical (unpaired) electrons. The van der Waals surface area contributed by atoms with Crippen molar-refractivity contribution in [2.75, 3.05) is 13.6 Å². The number of amides is 2. The average Bonchev–Trinajstić information content (AvgIpc) is 2.43. The molecule has 122 valence electrons. The lowest BCUT2D eigenvalue weighted by atomic mass is 9.79. The molecule has 0 heterocycles. The third-order valence-corrected chi connectivity index (χ3v) is 4.54. The Morgan fingerprint density at radius 2 is 1.86 bits per heavy atom. The number of hydrogen-bond donors (Lipinski definition) is 2. The zero-order valence-electron chi connectivity index (χ0n) is 13.8. The van der Waals surface area contributed by atoms with Crippen molar-refractivity contribution < 1.29 is 14.7 Å². The Balaban J connectivity index is 2.45. The molecule has 0 aromatic rings. The molecule has 21 heavy (non-hydrogen) atoms. The van der Waals surface area contributed by atoms with Crippen molar-refractivity contribution in [3.8, 4) is 0 Å². The molecule has 1 aliphatic rings. The first-order valence-corrected chi connectivity index (χ1v) is 8.06. The maximum absolute atomic E-state index is 12.2. The fraction of sp³-hybridized carbons (Fsp3) is 0.875. The first kappa shape index (κ1) is 17.8. The van der Waals surface area contributed by atoms with Crippen LogP contribution < -0.4 is 5.32 Å². The minimum absolute atomic E-state index is 0.0639. The third kappa shape index (κ3) is 5.56. The molecular formula is C16H30N2O3. The number of carboxylic acids is 1. The predicted octanol–water partition coefficient (Wildman–Crippen LogP) is 2.95. The van der Waals surface area contributed by atoms with E-state index in [9.17, 15) is 14.7 Å². The van der Waals surface area contributed by atoms with Gasteiger partial charge in [0, 0.05) is 19.6 Å². The SMILES string of the molecule is CC(C)CC(C)N(C)C(=O)NCC1CCCCC1C(=O)O. The minimum Gasteiger partial charge on any atom is -0.481 e. The van der Waals surface area contributed by atoms with Crippen LogP contribution in [0.15, 0.2) is 0 Å². The summed E-state index contributed by atoms with van der Waals surface area (Å²) in [5.74, 6) is -0.424. The standard InChI is InChI=1S/C16H30N2O3/c1-11(2)9-12(3)18(4)16(21)17-10-13-7-5-6-8-14(13)15(19)20/h11-14H,5-10H2,1-4H3,(H,17,21)(H,19,20). The minimum atomic E-state index is -0.726. The number of carbonyl (C=O) groups excluding carboxylic acids is 1. The molecule has 0 aromatic carbocycles. The van der Waals surface area contributed by atoms with E-state index in [1.54, 1.807) is 11.9 Å². The Hall–Kier alpha value is -1.26. The second kappa shape index (κ2) is 8.25. The summed E-state index contributed by atoms with van der Waals surface area (Å²) in [4.78, 5) is 25.1. The van der Waals surface area contributed by atoms with Crippen LogP contribution in [0.25, 0.3) is 0 Å². The second-order valence-electron chi connectivity index (χ2n) is 6.76. The molecule has 2 amide bonds.